The minimum absolute atomic E-state index is 0.162. The number of allylic oxidation sites excluding steroid dienone is 4. The van der Waals surface area contributed by atoms with E-state index in [1.54, 1.807) is 0 Å². The van der Waals surface area contributed by atoms with Crippen molar-refractivity contribution in [2.75, 3.05) is 0 Å². The van der Waals surface area contributed by atoms with Gasteiger partial charge >= 0.3 is 0 Å². The molecule has 86 valence electrons. The van der Waals surface area contributed by atoms with Crippen LogP contribution in [0.15, 0.2) is 23.8 Å². The van der Waals surface area contributed by atoms with E-state index in [9.17, 15) is 4.79 Å². The van der Waals surface area contributed by atoms with Gasteiger partial charge in [-0.2, -0.15) is 0 Å². The predicted octanol–water partition coefficient (Wildman–Crippen LogP) is 4.29. The highest BCUT2D eigenvalue weighted by molar-refractivity contribution is 5.57. The normalized spacial score (nSPS) is 11.7. The molecular formula is C14H24O. The summed E-state index contributed by atoms with van der Waals surface area (Å²) in [7, 11) is 0. The molecule has 0 aromatic heterocycles. The van der Waals surface area contributed by atoms with Crippen LogP contribution in [0, 0.1) is 5.41 Å². The van der Waals surface area contributed by atoms with E-state index in [-0.39, 0.29) is 5.41 Å². The summed E-state index contributed by atoms with van der Waals surface area (Å²) in [6, 6.07) is 0. The second-order valence-corrected chi connectivity index (χ2v) is 4.98. The Balaban J connectivity index is 3.56. The number of carbonyl (C=O) groups excluding carboxylic acids is 1. The van der Waals surface area contributed by atoms with Crippen LogP contribution < -0.4 is 0 Å². The van der Waals surface area contributed by atoms with E-state index in [1.807, 2.05) is 13.8 Å². The Morgan fingerprint density at radius 2 is 1.67 bits per heavy atom. The van der Waals surface area contributed by atoms with E-state index in [1.165, 1.54) is 5.57 Å². The molecule has 0 aromatic rings. The zero-order valence-corrected chi connectivity index (χ0v) is 10.5. The van der Waals surface area contributed by atoms with Crippen LogP contribution in [0.2, 0.25) is 0 Å². The summed E-state index contributed by atoms with van der Waals surface area (Å²) in [5, 5.41) is 0. The van der Waals surface area contributed by atoms with Crippen molar-refractivity contribution in [3.8, 4) is 0 Å². The fourth-order valence-corrected chi connectivity index (χ4v) is 1.22. The molecule has 0 saturated heterocycles. The minimum atomic E-state index is -0.162. The molecule has 1 heteroatoms. The molecule has 0 amide bonds. The first kappa shape index (κ1) is 14.2. The summed E-state index contributed by atoms with van der Waals surface area (Å²) in [6.45, 7) is 8.21. The molecule has 0 aromatic carbocycles. The molecule has 0 saturated carbocycles. The third-order valence-electron chi connectivity index (χ3n) is 2.33. The van der Waals surface area contributed by atoms with Gasteiger partial charge in [-0.1, -0.05) is 37.6 Å². The number of rotatable bonds is 7. The van der Waals surface area contributed by atoms with E-state index in [2.05, 4.69) is 32.1 Å². The Kier molecular flexibility index (Phi) is 7.02. The van der Waals surface area contributed by atoms with Crippen molar-refractivity contribution in [1.29, 1.82) is 0 Å². The van der Waals surface area contributed by atoms with Crippen LogP contribution in [0.3, 0.4) is 0 Å². The topological polar surface area (TPSA) is 17.1 Å². The molecule has 0 heterocycles. The largest absolute Gasteiger partial charge is 0.303 e. The van der Waals surface area contributed by atoms with Gasteiger partial charge < -0.3 is 4.79 Å². The highest BCUT2D eigenvalue weighted by Gasteiger charge is 2.14. The van der Waals surface area contributed by atoms with Gasteiger partial charge in [-0.25, -0.2) is 0 Å². The van der Waals surface area contributed by atoms with Gasteiger partial charge in [0.2, 0.25) is 0 Å². The molecule has 0 aliphatic rings. The fourth-order valence-electron chi connectivity index (χ4n) is 1.22. The van der Waals surface area contributed by atoms with Crippen LogP contribution in [-0.2, 0) is 4.79 Å². The van der Waals surface area contributed by atoms with Crippen LogP contribution in [0.5, 0.6) is 0 Å². The average Bonchev–Trinajstić information content (AvgIpc) is 2.16. The van der Waals surface area contributed by atoms with Gasteiger partial charge in [-0.05, 0) is 39.5 Å². The minimum Gasteiger partial charge on any atom is -0.303 e. The lowest BCUT2D eigenvalue weighted by molar-refractivity contribution is -0.114. The van der Waals surface area contributed by atoms with E-state index in [0.717, 1.165) is 32.0 Å². The summed E-state index contributed by atoms with van der Waals surface area (Å²) in [5.41, 5.74) is 1.22. The fraction of sp³-hybridized carbons (Fsp3) is 0.643. The third-order valence-corrected chi connectivity index (χ3v) is 2.33. The van der Waals surface area contributed by atoms with Crippen LogP contribution >= 0.6 is 0 Å². The van der Waals surface area contributed by atoms with Gasteiger partial charge in [0.25, 0.3) is 0 Å². The van der Waals surface area contributed by atoms with Crippen LogP contribution in [0.1, 0.15) is 53.4 Å². The zero-order valence-electron chi connectivity index (χ0n) is 10.5. The van der Waals surface area contributed by atoms with Gasteiger partial charge in [0.15, 0.2) is 0 Å². The molecule has 0 N–H and O–H groups in total. The maximum atomic E-state index is 10.6. The Morgan fingerprint density at radius 3 is 2.20 bits per heavy atom. The standard InChI is InChI=1S/C14H24O/c1-13(2)10-8-6-5-7-9-11-14(3,4)12-15/h5,7,10,12H,6,8-9,11H2,1-4H3. The van der Waals surface area contributed by atoms with Gasteiger partial charge in [0.1, 0.15) is 6.29 Å². The Labute approximate surface area is 94.3 Å². The predicted molar refractivity (Wildman–Crippen MR) is 66.9 cm³/mol. The van der Waals surface area contributed by atoms with Gasteiger partial charge in [0, 0.05) is 5.41 Å². The summed E-state index contributed by atoms with van der Waals surface area (Å²) in [4.78, 5) is 10.6. The number of unbranched alkanes of at least 4 members (excludes halogenated alkanes) is 1. The van der Waals surface area contributed by atoms with Crippen LogP contribution in [0.25, 0.3) is 0 Å². The lowest BCUT2D eigenvalue weighted by atomic mass is 9.90. The maximum Gasteiger partial charge on any atom is 0.125 e. The average molecular weight is 208 g/mol. The van der Waals surface area contributed by atoms with Crippen molar-refractivity contribution >= 4 is 6.29 Å². The maximum absolute atomic E-state index is 10.6. The highest BCUT2D eigenvalue weighted by Crippen LogP contribution is 2.18. The summed E-state index contributed by atoms with van der Waals surface area (Å²) < 4.78 is 0. The third kappa shape index (κ3) is 9.45. The highest BCUT2D eigenvalue weighted by atomic mass is 16.1. The lowest BCUT2D eigenvalue weighted by Gasteiger charge is -2.14. The monoisotopic (exact) mass is 208 g/mol. The number of hydrogen-bond donors (Lipinski definition) is 0. The Morgan fingerprint density at radius 1 is 1.07 bits per heavy atom. The summed E-state index contributed by atoms with van der Waals surface area (Å²) in [5.74, 6) is 0. The van der Waals surface area contributed by atoms with Crippen LogP contribution in [-0.4, -0.2) is 6.29 Å². The summed E-state index contributed by atoms with van der Waals surface area (Å²) in [6.07, 6.45) is 11.9. The van der Waals surface area contributed by atoms with E-state index < -0.39 is 0 Å². The first-order chi connectivity index (χ1) is 6.98. The van der Waals surface area contributed by atoms with E-state index >= 15 is 0 Å². The van der Waals surface area contributed by atoms with E-state index in [0.29, 0.717) is 0 Å². The van der Waals surface area contributed by atoms with E-state index in [4.69, 9.17) is 0 Å². The molecule has 0 rings (SSSR count). The lowest BCUT2D eigenvalue weighted by Crippen LogP contribution is -2.11. The van der Waals surface area contributed by atoms with Gasteiger partial charge in [-0.3, -0.25) is 0 Å². The van der Waals surface area contributed by atoms with Gasteiger partial charge in [-0.15, -0.1) is 0 Å². The molecule has 0 fully saturated rings. The molecule has 0 spiro atoms. The molecule has 0 bridgehead atoms. The van der Waals surface area contributed by atoms with Crippen molar-refractivity contribution in [1.82, 2.24) is 0 Å². The smallest absolute Gasteiger partial charge is 0.125 e. The molecule has 0 atom stereocenters. The van der Waals surface area contributed by atoms with Crippen molar-refractivity contribution < 1.29 is 4.79 Å². The molecule has 1 nitrogen and oxygen atoms in total. The second-order valence-electron chi connectivity index (χ2n) is 4.98. The van der Waals surface area contributed by atoms with Crippen molar-refractivity contribution in [2.45, 2.75) is 53.4 Å². The van der Waals surface area contributed by atoms with Crippen molar-refractivity contribution in [3.63, 3.8) is 0 Å². The first-order valence-electron chi connectivity index (χ1n) is 5.72. The van der Waals surface area contributed by atoms with Crippen LogP contribution in [0.4, 0.5) is 0 Å². The molecular weight excluding hydrogens is 184 g/mol. The summed E-state index contributed by atoms with van der Waals surface area (Å²) >= 11 is 0. The van der Waals surface area contributed by atoms with Crippen molar-refractivity contribution in [2.24, 2.45) is 5.41 Å². The molecule has 0 radical (unpaired) electrons. The van der Waals surface area contributed by atoms with Crippen molar-refractivity contribution in [3.05, 3.63) is 23.8 Å². The van der Waals surface area contributed by atoms with Gasteiger partial charge in [0.05, 0.1) is 0 Å². The zero-order chi connectivity index (χ0) is 11.7. The molecule has 0 unspecified atom stereocenters. The Bertz CT molecular complexity index is 230. The number of hydrogen-bond acceptors (Lipinski definition) is 1. The first-order valence-corrected chi connectivity index (χ1v) is 5.72. The SMILES string of the molecule is CC(C)=CCCC=CCCC(C)(C)C=O. The number of carbonyl (C=O) groups is 1. The number of aldehydes is 1. The molecule has 0 aliphatic heterocycles. The second kappa shape index (κ2) is 7.44. The molecule has 15 heavy (non-hydrogen) atoms. The molecule has 0 aliphatic carbocycles. The Hall–Kier alpha value is -0.850. The quantitative estimate of drug-likeness (QED) is 0.346.